The van der Waals surface area contributed by atoms with Crippen LogP contribution in [0.3, 0.4) is 0 Å². The monoisotopic (exact) mass is 645 g/mol. The van der Waals surface area contributed by atoms with Crippen LogP contribution in [0.5, 0.6) is 0 Å². The fourth-order valence-corrected chi connectivity index (χ4v) is 5.92. The molecule has 3 rings (SSSR count). The number of amides is 5. The summed E-state index contributed by atoms with van der Waals surface area (Å²) in [5.74, 6) is -2.23. The molecule has 2 saturated carbocycles. The maximum Gasteiger partial charge on any atom is 0.329 e. The van der Waals surface area contributed by atoms with E-state index in [1.54, 1.807) is 0 Å². The Morgan fingerprint density at radius 2 is 1.43 bits per heavy atom. The quantitative estimate of drug-likeness (QED) is 0.121. The maximum atomic E-state index is 14.0. The number of carbonyl (C=O) groups is 6. The van der Waals surface area contributed by atoms with Crippen molar-refractivity contribution < 1.29 is 33.5 Å². The van der Waals surface area contributed by atoms with Gasteiger partial charge in [-0.25, -0.2) is 9.59 Å². The molecule has 3 unspecified atom stereocenters. The molecule has 4 N–H and O–H groups in total. The number of nitrogens with zero attached hydrogens (tertiary/aromatic N) is 1. The van der Waals surface area contributed by atoms with E-state index in [2.05, 4.69) is 27.8 Å². The first-order valence-corrected chi connectivity index (χ1v) is 16.8. The van der Waals surface area contributed by atoms with Gasteiger partial charge in [-0.1, -0.05) is 61.0 Å². The van der Waals surface area contributed by atoms with Crippen LogP contribution < -0.4 is 21.3 Å². The third-order valence-electron chi connectivity index (χ3n) is 8.87. The molecule has 3 aliphatic rings. The van der Waals surface area contributed by atoms with Gasteiger partial charge in [0.05, 0.1) is 6.04 Å². The van der Waals surface area contributed by atoms with Crippen molar-refractivity contribution in [2.75, 3.05) is 13.1 Å². The van der Waals surface area contributed by atoms with Gasteiger partial charge in [0.2, 0.25) is 17.6 Å². The topological polar surface area (TPSA) is 163 Å². The molecule has 2 aliphatic carbocycles. The van der Waals surface area contributed by atoms with Gasteiger partial charge in [-0.2, -0.15) is 0 Å². The lowest BCUT2D eigenvalue weighted by atomic mass is 9.85. The highest BCUT2D eigenvalue weighted by atomic mass is 16.5. The number of urea groups is 1. The Kier molecular flexibility index (Phi) is 12.4. The summed E-state index contributed by atoms with van der Waals surface area (Å²) in [5.41, 5.74) is -1.40. The van der Waals surface area contributed by atoms with E-state index < -0.39 is 70.5 Å². The van der Waals surface area contributed by atoms with Crippen LogP contribution in [-0.4, -0.2) is 83.8 Å². The third kappa shape index (κ3) is 10.0. The number of hydrogen-bond acceptors (Lipinski definition) is 7. The molecule has 1 aliphatic heterocycles. The first-order chi connectivity index (χ1) is 21.5. The van der Waals surface area contributed by atoms with Crippen molar-refractivity contribution in [3.05, 3.63) is 12.7 Å². The Labute approximate surface area is 273 Å². The lowest BCUT2D eigenvalue weighted by Crippen LogP contribution is -2.62. The summed E-state index contributed by atoms with van der Waals surface area (Å²) in [6, 6.07) is -4.55. The van der Waals surface area contributed by atoms with Crippen LogP contribution in [0.15, 0.2) is 12.7 Å². The summed E-state index contributed by atoms with van der Waals surface area (Å²) >= 11 is 0. The number of nitrogens with one attached hydrogen (secondary N) is 4. The number of carbonyl (C=O) groups excluding carboxylic acids is 6. The molecule has 0 aromatic carbocycles. The van der Waals surface area contributed by atoms with Gasteiger partial charge in [0.15, 0.2) is 0 Å². The molecule has 0 radical (unpaired) electrons. The molecular weight excluding hydrogens is 590 g/mol. The Morgan fingerprint density at radius 3 is 1.93 bits per heavy atom. The highest BCUT2D eigenvalue weighted by molar-refractivity contribution is 6.38. The molecule has 12 heteroatoms. The molecular formula is C34H55N5O7. The van der Waals surface area contributed by atoms with E-state index in [9.17, 15) is 28.8 Å². The molecule has 12 nitrogen and oxygen atoms in total. The average molecular weight is 646 g/mol. The molecule has 0 spiro atoms. The number of rotatable bonds is 15. The van der Waals surface area contributed by atoms with Crippen molar-refractivity contribution in [3.63, 3.8) is 0 Å². The molecule has 0 aromatic rings. The molecule has 5 amide bonds. The van der Waals surface area contributed by atoms with Crippen molar-refractivity contribution in [2.45, 2.75) is 130 Å². The molecule has 0 bridgehead atoms. The van der Waals surface area contributed by atoms with E-state index in [0.29, 0.717) is 37.6 Å². The fraction of sp³-hybridized carbons (Fsp3) is 0.765. The Morgan fingerprint density at radius 1 is 0.870 bits per heavy atom. The molecule has 3 fully saturated rings. The minimum atomic E-state index is -1.03. The average Bonchev–Trinajstić information content (AvgIpc) is 3.92. The fourth-order valence-electron chi connectivity index (χ4n) is 5.92. The number of ketones is 1. The van der Waals surface area contributed by atoms with Crippen molar-refractivity contribution in [1.82, 2.24) is 26.2 Å². The van der Waals surface area contributed by atoms with Crippen LogP contribution in [0.2, 0.25) is 0 Å². The Balaban J connectivity index is 1.70. The minimum Gasteiger partial charge on any atom is -0.460 e. The van der Waals surface area contributed by atoms with Gasteiger partial charge in [-0.15, -0.1) is 6.58 Å². The van der Waals surface area contributed by atoms with E-state index >= 15 is 0 Å². The largest absolute Gasteiger partial charge is 0.460 e. The van der Waals surface area contributed by atoms with Gasteiger partial charge in [-0.05, 0) is 67.6 Å². The first kappa shape index (κ1) is 37.0. The number of ether oxygens (including phenoxy) is 1. The van der Waals surface area contributed by atoms with Crippen LogP contribution in [0.1, 0.15) is 99.8 Å². The second kappa shape index (κ2) is 15.4. The lowest BCUT2D eigenvalue weighted by molar-refractivity contribution is -0.156. The van der Waals surface area contributed by atoms with Crippen molar-refractivity contribution in [3.8, 4) is 0 Å². The summed E-state index contributed by atoms with van der Waals surface area (Å²) in [5, 5.41) is 10.7. The highest BCUT2D eigenvalue weighted by Crippen LogP contribution is 2.46. The summed E-state index contributed by atoms with van der Waals surface area (Å²) in [7, 11) is 0. The van der Waals surface area contributed by atoms with Crippen molar-refractivity contribution >= 4 is 35.5 Å². The number of likely N-dealkylation sites (tertiary alicyclic amines) is 1. The molecule has 0 aromatic heterocycles. The van der Waals surface area contributed by atoms with Crippen LogP contribution in [0.25, 0.3) is 0 Å². The van der Waals surface area contributed by atoms with Crippen molar-refractivity contribution in [2.24, 2.45) is 22.7 Å². The van der Waals surface area contributed by atoms with Crippen LogP contribution in [0.4, 0.5) is 4.79 Å². The third-order valence-corrected chi connectivity index (χ3v) is 8.87. The van der Waals surface area contributed by atoms with E-state index in [1.807, 2.05) is 48.5 Å². The summed E-state index contributed by atoms with van der Waals surface area (Å²) in [4.78, 5) is 80.8. The van der Waals surface area contributed by atoms with Crippen LogP contribution in [-0.2, 0) is 28.7 Å². The van der Waals surface area contributed by atoms with E-state index in [1.165, 1.54) is 11.0 Å². The molecule has 1 saturated heterocycles. The van der Waals surface area contributed by atoms with E-state index in [-0.39, 0.29) is 19.1 Å². The second-order valence-electron chi connectivity index (χ2n) is 15.2. The summed E-state index contributed by atoms with van der Waals surface area (Å²) < 4.78 is 5.97. The van der Waals surface area contributed by atoms with E-state index in [4.69, 9.17) is 4.74 Å². The van der Waals surface area contributed by atoms with Crippen LogP contribution in [0, 0.1) is 22.7 Å². The van der Waals surface area contributed by atoms with E-state index in [0.717, 1.165) is 25.7 Å². The maximum absolute atomic E-state index is 14.0. The predicted octanol–water partition coefficient (Wildman–Crippen LogP) is 2.99. The second-order valence-corrected chi connectivity index (χ2v) is 15.2. The van der Waals surface area contributed by atoms with Gasteiger partial charge >= 0.3 is 12.0 Å². The minimum absolute atomic E-state index is 0.113. The first-order valence-electron chi connectivity index (χ1n) is 16.8. The molecule has 46 heavy (non-hydrogen) atoms. The van der Waals surface area contributed by atoms with Crippen molar-refractivity contribution in [1.29, 1.82) is 0 Å². The van der Waals surface area contributed by atoms with Crippen LogP contribution >= 0.6 is 0 Å². The number of esters is 1. The number of Topliss-reactive ketones (excluding diaryl/α,β-unsaturated/α-hetero) is 1. The zero-order valence-corrected chi connectivity index (χ0v) is 28.7. The zero-order valence-electron chi connectivity index (χ0n) is 28.7. The molecule has 1 heterocycles. The van der Waals surface area contributed by atoms with Gasteiger partial charge in [0.25, 0.3) is 5.91 Å². The van der Waals surface area contributed by atoms with Gasteiger partial charge < -0.3 is 30.9 Å². The predicted molar refractivity (Wildman–Crippen MR) is 173 cm³/mol. The molecule has 258 valence electrons. The Bertz CT molecular complexity index is 1150. The Hall–Kier alpha value is -3.44. The standard InChI is InChI=1S/C34H55N5O7/c1-9-12-22(24(40)29(42)35-18-10-2)36-28(41)23-13-11-19-39(23)30(43)26(33(3,4)5)37-32(45)38-27(34(6,7)8)31(44)46-25(20-14-15-20)21-16-17-21/h10,20-23,25-27H,2,9,11-19H2,1,3-8H3,(H,35,42)(H,36,41)(H2,37,38,45)/t22?,23-,26?,27?/m0/s1. The zero-order chi connectivity index (χ0) is 34.4. The SMILES string of the molecule is C=CCNC(=O)C(=O)C(CCC)NC(=O)[C@@H]1CCCN1C(=O)C(NC(=O)NC(C(=O)OC(C1CC1)C1CC1)C(C)(C)C)C(C)(C)C. The number of hydrogen-bond donors (Lipinski definition) is 4. The lowest BCUT2D eigenvalue weighted by Gasteiger charge is -2.37. The summed E-state index contributed by atoms with van der Waals surface area (Å²) in [6.07, 6.45) is 7.28. The van der Waals surface area contributed by atoms with Gasteiger partial charge in [0.1, 0.15) is 24.2 Å². The van der Waals surface area contributed by atoms with Gasteiger partial charge in [-0.3, -0.25) is 19.2 Å². The molecule has 4 atom stereocenters. The highest BCUT2D eigenvalue weighted by Gasteiger charge is 2.47. The normalized spacial score (nSPS) is 20.3. The van der Waals surface area contributed by atoms with Gasteiger partial charge in [0, 0.05) is 13.1 Å². The smallest absolute Gasteiger partial charge is 0.329 e. The summed E-state index contributed by atoms with van der Waals surface area (Å²) in [6.45, 7) is 16.8.